The van der Waals surface area contributed by atoms with Gasteiger partial charge in [-0.2, -0.15) is 13.2 Å². The maximum absolute atomic E-state index is 12.4. The molecule has 0 fully saturated rings. The number of hydrogen-bond donors (Lipinski definition) is 1. The largest absolute Gasteiger partial charge is 0.416 e. The number of alkyl halides is 4. The Morgan fingerprint density at radius 2 is 1.50 bits per heavy atom. The molecule has 0 aliphatic carbocycles. The quantitative estimate of drug-likeness (QED) is 0.830. The molecule has 0 aromatic heterocycles. The predicted octanol–water partition coefficient (Wildman–Crippen LogP) is 4.37. The van der Waals surface area contributed by atoms with Crippen molar-refractivity contribution in [2.75, 3.05) is 0 Å². The first-order valence-corrected chi connectivity index (χ1v) is 7.03. The molecule has 0 heterocycles. The van der Waals surface area contributed by atoms with Crippen molar-refractivity contribution in [3.05, 3.63) is 70.8 Å². The third-order valence-electron chi connectivity index (χ3n) is 3.10. The molecule has 6 heteroatoms. The number of carbonyl (C=O) groups excluding carboxylic acids is 1. The van der Waals surface area contributed by atoms with Crippen LogP contribution in [0, 0.1) is 0 Å². The van der Waals surface area contributed by atoms with Crippen LogP contribution < -0.4 is 5.32 Å². The molecular formula is C16H13ClF3NO. The van der Waals surface area contributed by atoms with Gasteiger partial charge in [0.15, 0.2) is 0 Å². The first-order chi connectivity index (χ1) is 10.4. The van der Waals surface area contributed by atoms with Crippen molar-refractivity contribution in [2.24, 2.45) is 0 Å². The second-order valence-electron chi connectivity index (χ2n) is 4.71. The average molecular weight is 328 g/mol. The maximum Gasteiger partial charge on any atom is 0.416 e. The lowest BCUT2D eigenvalue weighted by Crippen LogP contribution is -2.22. The fourth-order valence-electron chi connectivity index (χ4n) is 1.84. The minimum Gasteiger partial charge on any atom is -0.348 e. The lowest BCUT2D eigenvalue weighted by Gasteiger charge is -2.09. The minimum absolute atomic E-state index is 0.161. The van der Waals surface area contributed by atoms with Crippen molar-refractivity contribution < 1.29 is 18.0 Å². The van der Waals surface area contributed by atoms with Crippen LogP contribution in [0.4, 0.5) is 13.2 Å². The Kier molecular flexibility index (Phi) is 5.08. The molecule has 0 atom stereocenters. The Labute approximate surface area is 130 Å². The molecule has 2 rings (SSSR count). The molecule has 0 aliphatic heterocycles. The van der Waals surface area contributed by atoms with Gasteiger partial charge in [0, 0.05) is 18.0 Å². The van der Waals surface area contributed by atoms with E-state index in [4.69, 9.17) is 11.6 Å². The zero-order valence-electron chi connectivity index (χ0n) is 11.5. The second-order valence-corrected chi connectivity index (χ2v) is 4.98. The number of carbonyl (C=O) groups is 1. The van der Waals surface area contributed by atoms with E-state index in [1.165, 1.54) is 12.1 Å². The van der Waals surface area contributed by atoms with Gasteiger partial charge in [-0.05, 0) is 35.4 Å². The van der Waals surface area contributed by atoms with Crippen LogP contribution in [0.1, 0.15) is 27.0 Å². The molecule has 0 radical (unpaired) electrons. The van der Waals surface area contributed by atoms with E-state index in [2.05, 4.69) is 5.32 Å². The lowest BCUT2D eigenvalue weighted by molar-refractivity contribution is -0.137. The summed E-state index contributed by atoms with van der Waals surface area (Å²) < 4.78 is 37.3. The summed E-state index contributed by atoms with van der Waals surface area (Å²) >= 11 is 5.66. The Bertz CT molecular complexity index is 636. The monoisotopic (exact) mass is 327 g/mol. The molecule has 2 aromatic rings. The number of halogens is 4. The van der Waals surface area contributed by atoms with E-state index in [0.29, 0.717) is 17.0 Å². The molecule has 0 spiro atoms. The molecule has 0 bridgehead atoms. The second kappa shape index (κ2) is 6.83. The smallest absolute Gasteiger partial charge is 0.348 e. The van der Waals surface area contributed by atoms with Crippen molar-refractivity contribution >= 4 is 17.5 Å². The molecule has 22 heavy (non-hydrogen) atoms. The molecule has 2 nitrogen and oxygen atoms in total. The number of nitrogens with one attached hydrogen (secondary N) is 1. The van der Waals surface area contributed by atoms with E-state index >= 15 is 0 Å². The summed E-state index contributed by atoms with van der Waals surface area (Å²) in [5.74, 6) is 0.0778. The van der Waals surface area contributed by atoms with Gasteiger partial charge in [-0.1, -0.05) is 24.3 Å². The van der Waals surface area contributed by atoms with Crippen molar-refractivity contribution in [2.45, 2.75) is 18.6 Å². The van der Waals surface area contributed by atoms with E-state index in [-0.39, 0.29) is 12.5 Å². The van der Waals surface area contributed by atoms with E-state index in [1.807, 2.05) is 0 Å². The first kappa shape index (κ1) is 16.4. The van der Waals surface area contributed by atoms with Crippen LogP contribution in [0.3, 0.4) is 0 Å². The number of amides is 1. The van der Waals surface area contributed by atoms with Crippen molar-refractivity contribution in [3.8, 4) is 0 Å². The van der Waals surface area contributed by atoms with Gasteiger partial charge in [0.2, 0.25) is 0 Å². The van der Waals surface area contributed by atoms with E-state index in [9.17, 15) is 18.0 Å². The Balaban J connectivity index is 1.95. The molecule has 0 aliphatic rings. The molecule has 2 aromatic carbocycles. The molecule has 0 saturated heterocycles. The Hall–Kier alpha value is -2.01. The predicted molar refractivity (Wildman–Crippen MR) is 78.6 cm³/mol. The summed E-state index contributed by atoms with van der Waals surface area (Å²) in [4.78, 5) is 11.9. The van der Waals surface area contributed by atoms with Crippen LogP contribution >= 0.6 is 11.6 Å². The molecular weight excluding hydrogens is 315 g/mol. The van der Waals surface area contributed by atoms with Crippen LogP contribution in [0.5, 0.6) is 0 Å². The van der Waals surface area contributed by atoms with Crippen LogP contribution in [0.2, 0.25) is 0 Å². The highest BCUT2D eigenvalue weighted by molar-refractivity contribution is 6.17. The number of rotatable bonds is 4. The van der Waals surface area contributed by atoms with Gasteiger partial charge in [0.1, 0.15) is 0 Å². The zero-order chi connectivity index (χ0) is 16.2. The van der Waals surface area contributed by atoms with Crippen LogP contribution in [-0.2, 0) is 18.6 Å². The van der Waals surface area contributed by atoms with E-state index in [1.54, 1.807) is 24.3 Å². The highest BCUT2D eigenvalue weighted by Gasteiger charge is 2.29. The van der Waals surface area contributed by atoms with Crippen molar-refractivity contribution in [1.82, 2.24) is 5.32 Å². The minimum atomic E-state index is -4.36. The summed E-state index contributed by atoms with van der Waals surface area (Å²) in [6.45, 7) is 0.161. The Morgan fingerprint density at radius 1 is 0.955 bits per heavy atom. The highest BCUT2D eigenvalue weighted by Crippen LogP contribution is 2.29. The third-order valence-corrected chi connectivity index (χ3v) is 3.41. The average Bonchev–Trinajstić information content (AvgIpc) is 2.52. The van der Waals surface area contributed by atoms with Crippen LogP contribution in [-0.4, -0.2) is 5.91 Å². The van der Waals surface area contributed by atoms with Gasteiger partial charge in [0.25, 0.3) is 5.91 Å². The van der Waals surface area contributed by atoms with Crippen LogP contribution in [0.25, 0.3) is 0 Å². The topological polar surface area (TPSA) is 29.1 Å². The van der Waals surface area contributed by atoms with Gasteiger partial charge in [-0.3, -0.25) is 4.79 Å². The standard InChI is InChI=1S/C16H13ClF3NO/c17-9-11-1-5-13(6-2-11)15(22)21-10-12-3-7-14(8-4-12)16(18,19)20/h1-8H,9-10H2,(H,21,22). The van der Waals surface area contributed by atoms with Gasteiger partial charge in [0.05, 0.1) is 5.56 Å². The summed E-state index contributed by atoms with van der Waals surface area (Å²) in [6.07, 6.45) is -4.36. The summed E-state index contributed by atoms with van der Waals surface area (Å²) in [5.41, 5.74) is 1.26. The van der Waals surface area contributed by atoms with Gasteiger partial charge in [-0.15, -0.1) is 11.6 Å². The van der Waals surface area contributed by atoms with Crippen molar-refractivity contribution in [3.63, 3.8) is 0 Å². The van der Waals surface area contributed by atoms with Crippen LogP contribution in [0.15, 0.2) is 48.5 Å². The molecule has 116 valence electrons. The SMILES string of the molecule is O=C(NCc1ccc(C(F)(F)F)cc1)c1ccc(CCl)cc1. The highest BCUT2D eigenvalue weighted by atomic mass is 35.5. The molecule has 0 saturated carbocycles. The molecule has 1 N–H and O–H groups in total. The van der Waals surface area contributed by atoms with Gasteiger partial charge in [-0.25, -0.2) is 0 Å². The van der Waals surface area contributed by atoms with Gasteiger partial charge >= 0.3 is 6.18 Å². The zero-order valence-corrected chi connectivity index (χ0v) is 12.2. The van der Waals surface area contributed by atoms with Crippen molar-refractivity contribution in [1.29, 1.82) is 0 Å². The third kappa shape index (κ3) is 4.24. The fraction of sp³-hybridized carbons (Fsp3) is 0.188. The Morgan fingerprint density at radius 3 is 2.00 bits per heavy atom. The molecule has 1 amide bonds. The number of hydrogen-bond acceptors (Lipinski definition) is 1. The summed E-state index contributed by atoms with van der Waals surface area (Å²) in [6, 6.07) is 11.5. The maximum atomic E-state index is 12.4. The number of benzene rings is 2. The van der Waals surface area contributed by atoms with Gasteiger partial charge < -0.3 is 5.32 Å². The lowest BCUT2D eigenvalue weighted by atomic mass is 10.1. The van der Waals surface area contributed by atoms with E-state index < -0.39 is 11.7 Å². The van der Waals surface area contributed by atoms with E-state index in [0.717, 1.165) is 17.7 Å². The molecule has 0 unspecified atom stereocenters. The first-order valence-electron chi connectivity index (χ1n) is 6.49. The fourth-order valence-corrected chi connectivity index (χ4v) is 2.02. The summed E-state index contributed by atoms with van der Waals surface area (Å²) in [5, 5.41) is 2.66. The summed E-state index contributed by atoms with van der Waals surface area (Å²) in [7, 11) is 0. The normalized spacial score (nSPS) is 11.3.